The van der Waals surface area contributed by atoms with E-state index in [-0.39, 0.29) is 0 Å². The van der Waals surface area contributed by atoms with Crippen LogP contribution in [-0.2, 0) is 0 Å². The fourth-order valence-corrected chi connectivity index (χ4v) is 1.31. The van der Waals surface area contributed by atoms with Crippen LogP contribution in [0, 0.1) is 5.41 Å². The molecule has 0 aromatic carbocycles. The van der Waals surface area contributed by atoms with E-state index in [2.05, 4.69) is 31.0 Å². The summed E-state index contributed by atoms with van der Waals surface area (Å²) in [6, 6.07) is 0. The van der Waals surface area contributed by atoms with Crippen molar-refractivity contribution in [3.05, 3.63) is 0 Å². The molecule has 0 unspecified atom stereocenters. The van der Waals surface area contributed by atoms with Crippen molar-refractivity contribution in [1.82, 2.24) is 10.2 Å². The summed E-state index contributed by atoms with van der Waals surface area (Å²) in [5, 5.41) is 3.48. The normalized spacial score (nSPS) is 19.2. The monoisotopic (exact) mass is 170 g/mol. The van der Waals surface area contributed by atoms with E-state index in [9.17, 15) is 0 Å². The standard InChI is InChI=1S/C10H22N2/c1-10(2,3)9-11-5-8-12-6-4-7-12/h11H,4-9H2,1-3H3. The average molecular weight is 170 g/mol. The number of nitrogens with zero attached hydrogens (tertiary/aromatic N) is 1. The van der Waals surface area contributed by atoms with E-state index in [0.717, 1.165) is 13.1 Å². The van der Waals surface area contributed by atoms with Gasteiger partial charge in [-0.3, -0.25) is 0 Å². The highest BCUT2D eigenvalue weighted by molar-refractivity contribution is 4.70. The van der Waals surface area contributed by atoms with Crippen molar-refractivity contribution in [2.24, 2.45) is 5.41 Å². The van der Waals surface area contributed by atoms with Gasteiger partial charge in [0.1, 0.15) is 0 Å². The SMILES string of the molecule is CC(C)(C)CNCCN1CCC1. The van der Waals surface area contributed by atoms with Gasteiger partial charge in [0.25, 0.3) is 0 Å². The Morgan fingerprint density at radius 1 is 1.25 bits per heavy atom. The quantitative estimate of drug-likeness (QED) is 0.640. The highest BCUT2D eigenvalue weighted by Crippen LogP contribution is 2.10. The largest absolute Gasteiger partial charge is 0.315 e. The van der Waals surface area contributed by atoms with Crippen molar-refractivity contribution in [2.45, 2.75) is 27.2 Å². The first-order valence-corrected chi connectivity index (χ1v) is 5.01. The lowest BCUT2D eigenvalue weighted by molar-refractivity contribution is 0.180. The Morgan fingerprint density at radius 3 is 2.33 bits per heavy atom. The Hall–Kier alpha value is -0.0800. The van der Waals surface area contributed by atoms with Gasteiger partial charge in [-0.2, -0.15) is 0 Å². The fraction of sp³-hybridized carbons (Fsp3) is 1.00. The molecule has 1 N–H and O–H groups in total. The third-order valence-corrected chi connectivity index (χ3v) is 2.21. The third kappa shape index (κ3) is 4.07. The van der Waals surface area contributed by atoms with E-state index in [1.807, 2.05) is 0 Å². The summed E-state index contributed by atoms with van der Waals surface area (Å²) in [6.07, 6.45) is 1.40. The minimum Gasteiger partial charge on any atom is -0.315 e. The van der Waals surface area contributed by atoms with Gasteiger partial charge >= 0.3 is 0 Å². The lowest BCUT2D eigenvalue weighted by Gasteiger charge is -2.31. The average Bonchev–Trinajstić information content (AvgIpc) is 1.80. The topological polar surface area (TPSA) is 15.3 Å². The molecule has 1 heterocycles. The van der Waals surface area contributed by atoms with Gasteiger partial charge in [-0.1, -0.05) is 20.8 Å². The van der Waals surface area contributed by atoms with Crippen LogP contribution in [0.15, 0.2) is 0 Å². The van der Waals surface area contributed by atoms with Gasteiger partial charge in [-0.05, 0) is 24.9 Å². The Bertz CT molecular complexity index is 122. The molecule has 1 saturated heterocycles. The molecule has 0 saturated carbocycles. The summed E-state index contributed by atoms with van der Waals surface area (Å²) in [4.78, 5) is 2.50. The maximum absolute atomic E-state index is 3.48. The molecule has 0 aromatic heterocycles. The molecular weight excluding hydrogens is 148 g/mol. The zero-order valence-corrected chi connectivity index (χ0v) is 8.69. The predicted molar refractivity (Wildman–Crippen MR) is 53.4 cm³/mol. The number of hydrogen-bond donors (Lipinski definition) is 1. The van der Waals surface area contributed by atoms with Gasteiger partial charge < -0.3 is 10.2 Å². The lowest BCUT2D eigenvalue weighted by atomic mass is 9.97. The zero-order valence-electron chi connectivity index (χ0n) is 8.69. The molecule has 1 aliphatic rings. The van der Waals surface area contributed by atoms with Crippen molar-refractivity contribution < 1.29 is 0 Å². The van der Waals surface area contributed by atoms with E-state index in [1.165, 1.54) is 26.1 Å². The second-order valence-corrected chi connectivity index (χ2v) is 4.93. The molecule has 2 heteroatoms. The van der Waals surface area contributed by atoms with Crippen LogP contribution in [0.4, 0.5) is 0 Å². The van der Waals surface area contributed by atoms with E-state index in [4.69, 9.17) is 0 Å². The molecule has 2 nitrogen and oxygen atoms in total. The fourth-order valence-electron chi connectivity index (χ4n) is 1.31. The minimum absolute atomic E-state index is 0.426. The molecule has 72 valence electrons. The molecule has 0 atom stereocenters. The van der Waals surface area contributed by atoms with Crippen LogP contribution >= 0.6 is 0 Å². The highest BCUT2D eigenvalue weighted by atomic mass is 15.2. The molecule has 0 radical (unpaired) electrons. The van der Waals surface area contributed by atoms with Crippen molar-refractivity contribution in [2.75, 3.05) is 32.7 Å². The van der Waals surface area contributed by atoms with Crippen molar-refractivity contribution >= 4 is 0 Å². The van der Waals surface area contributed by atoms with Gasteiger partial charge in [-0.15, -0.1) is 0 Å². The smallest absolute Gasteiger partial charge is 0.0107 e. The Labute approximate surface area is 76.3 Å². The maximum Gasteiger partial charge on any atom is 0.0107 e. The summed E-state index contributed by atoms with van der Waals surface area (Å²) in [6.45, 7) is 12.9. The number of rotatable bonds is 4. The Kier molecular flexibility index (Phi) is 3.53. The maximum atomic E-state index is 3.48. The number of nitrogens with one attached hydrogen (secondary N) is 1. The molecule has 0 aliphatic carbocycles. The van der Waals surface area contributed by atoms with Gasteiger partial charge in [-0.25, -0.2) is 0 Å². The minimum atomic E-state index is 0.426. The first-order chi connectivity index (χ1) is 5.58. The number of hydrogen-bond acceptors (Lipinski definition) is 2. The summed E-state index contributed by atoms with van der Waals surface area (Å²) in [5.41, 5.74) is 0.426. The van der Waals surface area contributed by atoms with Crippen molar-refractivity contribution in [3.63, 3.8) is 0 Å². The van der Waals surface area contributed by atoms with Gasteiger partial charge in [0.05, 0.1) is 0 Å². The van der Waals surface area contributed by atoms with Crippen molar-refractivity contribution in [3.8, 4) is 0 Å². The summed E-state index contributed by atoms with van der Waals surface area (Å²) < 4.78 is 0. The van der Waals surface area contributed by atoms with Crippen LogP contribution in [-0.4, -0.2) is 37.6 Å². The summed E-state index contributed by atoms with van der Waals surface area (Å²) >= 11 is 0. The first-order valence-electron chi connectivity index (χ1n) is 5.01. The third-order valence-electron chi connectivity index (χ3n) is 2.21. The predicted octanol–water partition coefficient (Wildman–Crippen LogP) is 1.33. The summed E-state index contributed by atoms with van der Waals surface area (Å²) in [5.74, 6) is 0. The van der Waals surface area contributed by atoms with E-state index in [1.54, 1.807) is 0 Å². The lowest BCUT2D eigenvalue weighted by Crippen LogP contribution is -2.42. The van der Waals surface area contributed by atoms with E-state index >= 15 is 0 Å². The van der Waals surface area contributed by atoms with Crippen molar-refractivity contribution in [1.29, 1.82) is 0 Å². The molecule has 0 spiro atoms. The first kappa shape index (κ1) is 10.0. The van der Waals surface area contributed by atoms with Crippen LogP contribution in [0.1, 0.15) is 27.2 Å². The molecule has 12 heavy (non-hydrogen) atoms. The molecule has 0 bridgehead atoms. The Balaban J connectivity index is 1.88. The van der Waals surface area contributed by atoms with Crippen LogP contribution < -0.4 is 5.32 Å². The molecule has 1 aliphatic heterocycles. The van der Waals surface area contributed by atoms with Crippen LogP contribution in [0.5, 0.6) is 0 Å². The van der Waals surface area contributed by atoms with Crippen LogP contribution in [0.2, 0.25) is 0 Å². The summed E-state index contributed by atoms with van der Waals surface area (Å²) in [7, 11) is 0. The second-order valence-electron chi connectivity index (χ2n) is 4.93. The number of likely N-dealkylation sites (tertiary alicyclic amines) is 1. The second kappa shape index (κ2) is 4.24. The van der Waals surface area contributed by atoms with Crippen LogP contribution in [0.3, 0.4) is 0 Å². The molecule has 0 amide bonds. The zero-order chi connectivity index (χ0) is 9.03. The molecule has 1 fully saturated rings. The molecular formula is C10H22N2. The van der Waals surface area contributed by atoms with Gasteiger partial charge in [0.15, 0.2) is 0 Å². The Morgan fingerprint density at radius 2 is 1.92 bits per heavy atom. The van der Waals surface area contributed by atoms with Gasteiger partial charge in [0.2, 0.25) is 0 Å². The van der Waals surface area contributed by atoms with E-state index in [0.29, 0.717) is 5.41 Å². The highest BCUT2D eigenvalue weighted by Gasteiger charge is 2.13. The van der Waals surface area contributed by atoms with Crippen LogP contribution in [0.25, 0.3) is 0 Å². The molecule has 0 aromatic rings. The van der Waals surface area contributed by atoms with E-state index < -0.39 is 0 Å². The molecule has 1 rings (SSSR count). The van der Waals surface area contributed by atoms with Gasteiger partial charge in [0, 0.05) is 19.6 Å².